The first-order valence-corrected chi connectivity index (χ1v) is 10.7. The number of rotatable bonds is 6. The highest BCUT2D eigenvalue weighted by Gasteiger charge is 2.29. The summed E-state index contributed by atoms with van der Waals surface area (Å²) >= 11 is 0. The Labute approximate surface area is 190 Å². The second-order valence-corrected chi connectivity index (χ2v) is 7.91. The largest absolute Gasteiger partial charge is 0.454 e. The maximum Gasteiger partial charge on any atom is 0.251 e. The Balaban J connectivity index is 1.39. The summed E-state index contributed by atoms with van der Waals surface area (Å²) in [6, 6.07) is 21.6. The molecule has 166 valence electrons. The number of likely N-dealkylation sites (N-methyl/N-ethyl adjacent to an activating group) is 1. The molecule has 1 aromatic heterocycles. The van der Waals surface area contributed by atoms with E-state index in [1.54, 1.807) is 25.2 Å². The Hall–Kier alpha value is -4.26. The highest BCUT2D eigenvalue weighted by Crippen LogP contribution is 2.34. The number of nitrogens with one attached hydrogen (secondary N) is 2. The van der Waals surface area contributed by atoms with Gasteiger partial charge in [0.15, 0.2) is 11.5 Å². The second-order valence-electron chi connectivity index (χ2n) is 7.91. The summed E-state index contributed by atoms with van der Waals surface area (Å²) < 4.78 is 10.7. The summed E-state index contributed by atoms with van der Waals surface area (Å²) in [6.45, 7) is 0.157. The van der Waals surface area contributed by atoms with Gasteiger partial charge in [0.05, 0.1) is 6.42 Å². The van der Waals surface area contributed by atoms with Crippen LogP contribution >= 0.6 is 0 Å². The van der Waals surface area contributed by atoms with Crippen LogP contribution in [0.5, 0.6) is 11.5 Å². The quantitative estimate of drug-likeness (QED) is 0.468. The van der Waals surface area contributed by atoms with Crippen molar-refractivity contribution in [2.45, 2.75) is 12.5 Å². The van der Waals surface area contributed by atoms with Crippen molar-refractivity contribution >= 4 is 28.4 Å². The minimum absolute atomic E-state index is 0.157. The summed E-state index contributed by atoms with van der Waals surface area (Å²) in [6.07, 6.45) is 2.03. The first-order chi connectivity index (χ1) is 16.1. The molecule has 0 saturated heterocycles. The van der Waals surface area contributed by atoms with E-state index in [0.717, 1.165) is 22.0 Å². The van der Waals surface area contributed by atoms with Crippen LogP contribution in [0.25, 0.3) is 10.9 Å². The molecule has 2 N–H and O–H groups in total. The number of ether oxygens (including phenoxy) is 2. The SMILES string of the molecule is CN(C(=O)Cc1c[nH]c2ccccc12)[C@@H](C(=O)Nc1ccc2c(c1)OCO2)c1ccccc1. The van der Waals surface area contributed by atoms with Crippen LogP contribution in [0.2, 0.25) is 0 Å². The highest BCUT2D eigenvalue weighted by molar-refractivity contribution is 5.98. The third kappa shape index (κ3) is 4.13. The molecule has 2 heterocycles. The van der Waals surface area contributed by atoms with Gasteiger partial charge in [-0.25, -0.2) is 0 Å². The van der Waals surface area contributed by atoms with Crippen LogP contribution in [0.4, 0.5) is 5.69 Å². The minimum Gasteiger partial charge on any atom is -0.454 e. The van der Waals surface area contributed by atoms with E-state index in [0.29, 0.717) is 17.2 Å². The lowest BCUT2D eigenvalue weighted by atomic mass is 10.0. The van der Waals surface area contributed by atoms with Gasteiger partial charge in [-0.2, -0.15) is 0 Å². The fourth-order valence-electron chi connectivity index (χ4n) is 4.08. The number of aromatic nitrogens is 1. The second kappa shape index (κ2) is 8.70. The fraction of sp³-hybridized carbons (Fsp3) is 0.154. The molecular weight excluding hydrogens is 418 g/mol. The summed E-state index contributed by atoms with van der Waals surface area (Å²) in [7, 11) is 1.66. The van der Waals surface area contributed by atoms with E-state index in [9.17, 15) is 9.59 Å². The molecule has 7 heteroatoms. The molecule has 0 radical (unpaired) electrons. The molecule has 0 spiro atoms. The monoisotopic (exact) mass is 441 g/mol. The zero-order chi connectivity index (χ0) is 22.8. The number of para-hydroxylation sites is 1. The Morgan fingerprint density at radius 3 is 2.61 bits per heavy atom. The standard InChI is InChI=1S/C26H23N3O4/c1-29(24(30)13-18-15-27-21-10-6-5-9-20(18)21)25(17-7-3-2-4-8-17)26(31)28-19-11-12-22-23(14-19)33-16-32-22/h2-12,14-15,25,27H,13,16H2,1H3,(H,28,31)/t25-/m1/s1. The summed E-state index contributed by atoms with van der Waals surface area (Å²) in [5.41, 5.74) is 3.17. The van der Waals surface area contributed by atoms with E-state index in [1.165, 1.54) is 4.90 Å². The molecule has 0 saturated carbocycles. The van der Waals surface area contributed by atoms with Gasteiger partial charge in [0.1, 0.15) is 6.04 Å². The molecule has 1 aliphatic heterocycles. The summed E-state index contributed by atoms with van der Waals surface area (Å²) in [5, 5.41) is 3.92. The molecule has 1 aliphatic rings. The lowest BCUT2D eigenvalue weighted by Crippen LogP contribution is -2.39. The van der Waals surface area contributed by atoms with Crippen LogP contribution in [-0.4, -0.2) is 35.5 Å². The van der Waals surface area contributed by atoms with Gasteiger partial charge in [-0.1, -0.05) is 48.5 Å². The van der Waals surface area contributed by atoms with Crippen LogP contribution in [-0.2, 0) is 16.0 Å². The summed E-state index contributed by atoms with van der Waals surface area (Å²) in [5.74, 6) is 0.746. The zero-order valence-electron chi connectivity index (χ0n) is 18.1. The van der Waals surface area contributed by atoms with Gasteiger partial charge in [-0.3, -0.25) is 9.59 Å². The third-order valence-corrected chi connectivity index (χ3v) is 5.80. The molecule has 4 aromatic rings. The number of aromatic amines is 1. The van der Waals surface area contributed by atoms with Crippen molar-refractivity contribution in [1.82, 2.24) is 9.88 Å². The number of benzene rings is 3. The molecule has 5 rings (SSSR count). The number of anilines is 1. The molecule has 1 atom stereocenters. The normalized spacial score (nSPS) is 13.0. The molecule has 0 unspecified atom stereocenters. The predicted molar refractivity (Wildman–Crippen MR) is 125 cm³/mol. The van der Waals surface area contributed by atoms with Crippen molar-refractivity contribution in [3.8, 4) is 11.5 Å². The molecule has 0 fully saturated rings. The maximum absolute atomic E-state index is 13.4. The lowest BCUT2D eigenvalue weighted by molar-refractivity contribution is -0.136. The minimum atomic E-state index is -0.797. The van der Waals surface area contributed by atoms with Crippen LogP contribution < -0.4 is 14.8 Å². The molecule has 0 bridgehead atoms. The summed E-state index contributed by atoms with van der Waals surface area (Å²) in [4.78, 5) is 31.4. The van der Waals surface area contributed by atoms with Crippen molar-refractivity contribution in [3.05, 3.63) is 90.1 Å². The van der Waals surface area contributed by atoms with Crippen molar-refractivity contribution in [3.63, 3.8) is 0 Å². The number of H-pyrrole nitrogens is 1. The van der Waals surface area contributed by atoms with E-state index in [4.69, 9.17) is 9.47 Å². The number of hydrogen-bond acceptors (Lipinski definition) is 4. The number of nitrogens with zero attached hydrogens (tertiary/aromatic N) is 1. The van der Waals surface area contributed by atoms with E-state index < -0.39 is 6.04 Å². The zero-order valence-corrected chi connectivity index (χ0v) is 18.1. The van der Waals surface area contributed by atoms with Gasteiger partial charge in [0, 0.05) is 35.9 Å². The van der Waals surface area contributed by atoms with Gasteiger partial charge >= 0.3 is 0 Å². The average Bonchev–Trinajstić information content (AvgIpc) is 3.46. The van der Waals surface area contributed by atoms with Crippen LogP contribution in [0, 0.1) is 0 Å². The topological polar surface area (TPSA) is 83.7 Å². The maximum atomic E-state index is 13.4. The van der Waals surface area contributed by atoms with Crippen molar-refractivity contribution in [2.24, 2.45) is 0 Å². The van der Waals surface area contributed by atoms with Crippen molar-refractivity contribution in [2.75, 3.05) is 19.2 Å². The molecule has 0 aliphatic carbocycles. The van der Waals surface area contributed by atoms with Gasteiger partial charge in [0.2, 0.25) is 12.7 Å². The van der Waals surface area contributed by atoms with Crippen LogP contribution in [0.3, 0.4) is 0 Å². The number of hydrogen-bond donors (Lipinski definition) is 2. The lowest BCUT2D eigenvalue weighted by Gasteiger charge is -2.28. The fourth-order valence-corrected chi connectivity index (χ4v) is 4.08. The van der Waals surface area contributed by atoms with Crippen molar-refractivity contribution in [1.29, 1.82) is 0 Å². The third-order valence-electron chi connectivity index (χ3n) is 5.80. The predicted octanol–water partition coefficient (Wildman–Crippen LogP) is 4.28. The number of fused-ring (bicyclic) bond motifs is 2. The van der Waals surface area contributed by atoms with E-state index in [1.807, 2.05) is 60.8 Å². The first-order valence-electron chi connectivity index (χ1n) is 10.7. The Morgan fingerprint density at radius 1 is 1.00 bits per heavy atom. The Morgan fingerprint density at radius 2 is 1.76 bits per heavy atom. The molecule has 3 aromatic carbocycles. The first kappa shape index (κ1) is 20.6. The molecule has 7 nitrogen and oxygen atoms in total. The smallest absolute Gasteiger partial charge is 0.251 e. The van der Waals surface area contributed by atoms with Crippen LogP contribution in [0.1, 0.15) is 17.2 Å². The molecular formula is C26H23N3O4. The molecule has 2 amide bonds. The van der Waals surface area contributed by atoms with Gasteiger partial charge in [-0.15, -0.1) is 0 Å². The van der Waals surface area contributed by atoms with E-state index in [-0.39, 0.29) is 25.0 Å². The number of amides is 2. The van der Waals surface area contributed by atoms with Crippen molar-refractivity contribution < 1.29 is 19.1 Å². The van der Waals surface area contributed by atoms with Gasteiger partial charge in [-0.05, 0) is 29.3 Å². The number of carbonyl (C=O) groups is 2. The van der Waals surface area contributed by atoms with E-state index in [2.05, 4.69) is 10.3 Å². The van der Waals surface area contributed by atoms with Gasteiger partial charge < -0.3 is 24.7 Å². The number of carbonyl (C=O) groups excluding carboxylic acids is 2. The van der Waals surface area contributed by atoms with Gasteiger partial charge in [0.25, 0.3) is 5.91 Å². The molecule has 33 heavy (non-hydrogen) atoms. The van der Waals surface area contributed by atoms with Crippen LogP contribution in [0.15, 0.2) is 79.0 Å². The Bertz CT molecular complexity index is 1320. The Kier molecular flexibility index (Phi) is 5.44. The highest BCUT2D eigenvalue weighted by atomic mass is 16.7. The van der Waals surface area contributed by atoms with E-state index >= 15 is 0 Å². The average molecular weight is 441 g/mol.